The summed E-state index contributed by atoms with van der Waals surface area (Å²) in [4.78, 5) is 12.3. The van der Waals surface area contributed by atoms with Crippen LogP contribution >= 0.6 is 15.9 Å². The Hall–Kier alpha value is -2.21. The summed E-state index contributed by atoms with van der Waals surface area (Å²) in [5.41, 5.74) is 1.17. The van der Waals surface area contributed by atoms with Crippen LogP contribution in [0.15, 0.2) is 40.9 Å². The van der Waals surface area contributed by atoms with Gasteiger partial charge in [-0.15, -0.1) is 0 Å². The van der Waals surface area contributed by atoms with E-state index in [2.05, 4.69) is 15.9 Å². The van der Waals surface area contributed by atoms with E-state index >= 15 is 0 Å². The maximum atomic E-state index is 12.3. The van der Waals surface area contributed by atoms with Gasteiger partial charge in [0.25, 0.3) is 0 Å². The van der Waals surface area contributed by atoms with Gasteiger partial charge in [0, 0.05) is 10.0 Å². The van der Waals surface area contributed by atoms with Crippen molar-refractivity contribution >= 4 is 21.9 Å². The van der Waals surface area contributed by atoms with Crippen LogP contribution in [0.3, 0.4) is 0 Å². The summed E-state index contributed by atoms with van der Waals surface area (Å²) in [6.45, 7) is 2.44. The molecule has 5 nitrogen and oxygen atoms in total. The van der Waals surface area contributed by atoms with E-state index in [1.165, 1.54) is 0 Å². The molecule has 0 spiro atoms. The molecular weight excluding hydrogens is 376 g/mol. The van der Waals surface area contributed by atoms with Crippen molar-refractivity contribution in [2.24, 2.45) is 0 Å². The molecule has 6 heteroatoms. The molecule has 2 aromatic rings. The minimum absolute atomic E-state index is 0.0975. The van der Waals surface area contributed by atoms with Crippen molar-refractivity contribution in [3.05, 3.63) is 52.0 Å². The third-order valence-corrected chi connectivity index (χ3v) is 4.06. The molecule has 128 valence electrons. The van der Waals surface area contributed by atoms with Crippen molar-refractivity contribution in [3.63, 3.8) is 0 Å². The minimum atomic E-state index is -0.444. The first-order valence-corrected chi connectivity index (χ1v) is 8.19. The Bertz CT molecular complexity index is 715. The van der Waals surface area contributed by atoms with E-state index in [4.69, 9.17) is 18.9 Å². The van der Waals surface area contributed by atoms with Gasteiger partial charge in [0.1, 0.15) is 17.9 Å². The van der Waals surface area contributed by atoms with Gasteiger partial charge in [0.15, 0.2) is 11.5 Å². The quantitative estimate of drug-likeness (QED) is 0.657. The Labute approximate surface area is 149 Å². The smallest absolute Gasteiger partial charge is 0.342 e. The van der Waals surface area contributed by atoms with Gasteiger partial charge in [-0.2, -0.15) is 0 Å². The van der Waals surface area contributed by atoms with Crippen LogP contribution in [0.2, 0.25) is 0 Å². The van der Waals surface area contributed by atoms with E-state index in [1.54, 1.807) is 44.6 Å². The largest absolute Gasteiger partial charge is 0.493 e. The summed E-state index contributed by atoms with van der Waals surface area (Å²) in [7, 11) is 3.12. The molecule has 0 saturated heterocycles. The van der Waals surface area contributed by atoms with Gasteiger partial charge < -0.3 is 18.9 Å². The number of halogens is 1. The maximum absolute atomic E-state index is 12.3. The van der Waals surface area contributed by atoms with Gasteiger partial charge in [-0.3, -0.25) is 0 Å². The molecule has 0 bridgehead atoms. The summed E-state index contributed by atoms with van der Waals surface area (Å²) in [5, 5.41) is 0. The molecule has 0 heterocycles. The normalized spacial score (nSPS) is 10.2. The third-order valence-electron chi connectivity index (χ3n) is 3.32. The van der Waals surface area contributed by atoms with Crippen LogP contribution in [0, 0.1) is 0 Å². The summed E-state index contributed by atoms with van der Waals surface area (Å²) in [6, 6.07) is 10.5. The lowest BCUT2D eigenvalue weighted by molar-refractivity contribution is 0.0467. The third kappa shape index (κ3) is 4.20. The number of carbonyl (C=O) groups excluding carboxylic acids is 1. The van der Waals surface area contributed by atoms with Crippen LogP contribution in [-0.4, -0.2) is 26.8 Å². The fourth-order valence-electron chi connectivity index (χ4n) is 2.14. The summed E-state index contributed by atoms with van der Waals surface area (Å²) in [6.07, 6.45) is 0. The Morgan fingerprint density at radius 2 is 1.71 bits per heavy atom. The highest BCUT2D eigenvalue weighted by Gasteiger charge is 2.15. The van der Waals surface area contributed by atoms with Crippen molar-refractivity contribution in [2.45, 2.75) is 13.5 Å². The van der Waals surface area contributed by atoms with Crippen molar-refractivity contribution in [3.8, 4) is 17.2 Å². The first-order valence-electron chi connectivity index (χ1n) is 7.40. The van der Waals surface area contributed by atoms with Crippen LogP contribution < -0.4 is 14.2 Å². The highest BCUT2D eigenvalue weighted by molar-refractivity contribution is 9.10. The number of hydrogen-bond acceptors (Lipinski definition) is 5. The summed E-state index contributed by atoms with van der Waals surface area (Å²) in [5.74, 6) is 1.24. The number of esters is 1. The fourth-order valence-corrected chi connectivity index (χ4v) is 2.58. The first-order chi connectivity index (χ1) is 11.6. The summed E-state index contributed by atoms with van der Waals surface area (Å²) >= 11 is 3.45. The van der Waals surface area contributed by atoms with E-state index in [9.17, 15) is 4.79 Å². The molecule has 2 rings (SSSR count). The standard InChI is InChI=1S/C18H19BrO5/c1-4-23-15-8-6-5-7-13(15)18(20)24-11-12-9-16(21-2)17(22-3)10-14(12)19/h5-10H,4,11H2,1-3H3. The van der Waals surface area contributed by atoms with E-state index in [0.717, 1.165) is 10.0 Å². The second kappa shape index (κ2) is 8.59. The first kappa shape index (κ1) is 18.1. The van der Waals surface area contributed by atoms with Gasteiger partial charge in [-0.05, 0) is 31.2 Å². The van der Waals surface area contributed by atoms with Crippen LogP contribution in [0.25, 0.3) is 0 Å². The molecule has 0 aliphatic heterocycles. The van der Waals surface area contributed by atoms with Gasteiger partial charge in [0.2, 0.25) is 0 Å². The Kier molecular flexibility index (Phi) is 6.49. The van der Waals surface area contributed by atoms with Gasteiger partial charge >= 0.3 is 5.97 Å². The van der Waals surface area contributed by atoms with Crippen LogP contribution in [0.4, 0.5) is 0 Å². The zero-order valence-electron chi connectivity index (χ0n) is 13.8. The highest BCUT2D eigenvalue weighted by atomic mass is 79.9. The summed E-state index contributed by atoms with van der Waals surface area (Å²) < 4.78 is 22.1. The van der Waals surface area contributed by atoms with Crippen LogP contribution in [-0.2, 0) is 11.3 Å². The molecule has 0 radical (unpaired) electrons. The topological polar surface area (TPSA) is 54.0 Å². The lowest BCUT2D eigenvalue weighted by Gasteiger charge is -2.13. The molecule has 0 saturated carbocycles. The monoisotopic (exact) mass is 394 g/mol. The average molecular weight is 395 g/mol. The molecule has 0 atom stereocenters. The molecular formula is C18H19BrO5. The number of para-hydroxylation sites is 1. The second-order valence-electron chi connectivity index (χ2n) is 4.80. The van der Waals surface area contributed by atoms with Crippen molar-refractivity contribution < 1.29 is 23.7 Å². The molecule has 24 heavy (non-hydrogen) atoms. The predicted molar refractivity (Wildman–Crippen MR) is 94.0 cm³/mol. The zero-order valence-corrected chi connectivity index (χ0v) is 15.4. The number of benzene rings is 2. The van der Waals surface area contributed by atoms with Crippen molar-refractivity contribution in [1.82, 2.24) is 0 Å². The molecule has 0 fully saturated rings. The number of rotatable bonds is 7. The molecule has 0 amide bonds. The number of methoxy groups -OCH3 is 2. The number of ether oxygens (including phenoxy) is 4. The van der Waals surface area contributed by atoms with E-state index < -0.39 is 5.97 Å². The molecule has 0 aliphatic carbocycles. The SMILES string of the molecule is CCOc1ccccc1C(=O)OCc1cc(OC)c(OC)cc1Br. The van der Waals surface area contributed by atoms with Crippen molar-refractivity contribution in [2.75, 3.05) is 20.8 Å². The highest BCUT2D eigenvalue weighted by Crippen LogP contribution is 2.33. The Morgan fingerprint density at radius 1 is 1.04 bits per heavy atom. The van der Waals surface area contributed by atoms with Gasteiger partial charge in [-0.1, -0.05) is 28.1 Å². The van der Waals surface area contributed by atoms with E-state index in [1.807, 2.05) is 13.0 Å². The molecule has 0 N–H and O–H groups in total. The lowest BCUT2D eigenvalue weighted by Crippen LogP contribution is -2.08. The number of carbonyl (C=O) groups is 1. The molecule has 0 aliphatic rings. The Morgan fingerprint density at radius 3 is 2.38 bits per heavy atom. The predicted octanol–water partition coefficient (Wildman–Crippen LogP) is 4.22. The zero-order chi connectivity index (χ0) is 17.5. The minimum Gasteiger partial charge on any atom is -0.493 e. The van der Waals surface area contributed by atoms with Gasteiger partial charge in [0.05, 0.1) is 20.8 Å². The average Bonchev–Trinajstić information content (AvgIpc) is 2.60. The van der Waals surface area contributed by atoms with Crippen LogP contribution in [0.1, 0.15) is 22.8 Å². The maximum Gasteiger partial charge on any atom is 0.342 e. The van der Waals surface area contributed by atoms with Crippen molar-refractivity contribution in [1.29, 1.82) is 0 Å². The van der Waals surface area contributed by atoms with Gasteiger partial charge in [-0.25, -0.2) is 4.79 Å². The molecule has 0 unspecified atom stereocenters. The second-order valence-corrected chi connectivity index (χ2v) is 5.66. The molecule has 0 aromatic heterocycles. The lowest BCUT2D eigenvalue weighted by atomic mass is 10.2. The molecule has 2 aromatic carbocycles. The van der Waals surface area contributed by atoms with E-state index in [-0.39, 0.29) is 6.61 Å². The fraction of sp³-hybridized carbons (Fsp3) is 0.278. The number of hydrogen-bond donors (Lipinski definition) is 0. The van der Waals surface area contributed by atoms with Crippen LogP contribution in [0.5, 0.6) is 17.2 Å². The Balaban J connectivity index is 2.15. The van der Waals surface area contributed by atoms with E-state index in [0.29, 0.717) is 29.4 Å².